The van der Waals surface area contributed by atoms with Gasteiger partial charge in [-0.15, -0.1) is 24.0 Å². The molecule has 1 aliphatic heterocycles. The molecule has 0 spiro atoms. The van der Waals surface area contributed by atoms with Gasteiger partial charge in [0, 0.05) is 45.3 Å². The zero-order valence-corrected chi connectivity index (χ0v) is 17.7. The van der Waals surface area contributed by atoms with Gasteiger partial charge in [0.05, 0.1) is 26.9 Å². The highest BCUT2D eigenvalue weighted by Gasteiger charge is 2.18. The Hall–Kier alpha value is -1.06. The van der Waals surface area contributed by atoms with E-state index in [-0.39, 0.29) is 24.0 Å². The van der Waals surface area contributed by atoms with E-state index in [1.165, 1.54) is 0 Å². The van der Waals surface area contributed by atoms with Crippen LogP contribution in [-0.4, -0.2) is 65.0 Å². The molecule has 0 radical (unpaired) electrons. The van der Waals surface area contributed by atoms with Crippen LogP contribution in [0.5, 0.6) is 5.75 Å². The Morgan fingerprint density at radius 2 is 2.20 bits per heavy atom. The highest BCUT2D eigenvalue weighted by atomic mass is 127. The molecule has 6 nitrogen and oxygen atoms in total. The molecule has 7 heteroatoms. The lowest BCUT2D eigenvalue weighted by Crippen LogP contribution is -2.42. The van der Waals surface area contributed by atoms with Crippen molar-refractivity contribution in [2.45, 2.75) is 13.0 Å². The Morgan fingerprint density at radius 1 is 1.40 bits per heavy atom. The minimum absolute atomic E-state index is 0. The summed E-state index contributed by atoms with van der Waals surface area (Å²) in [6.07, 6.45) is 1.13. The number of methoxy groups -OCH3 is 1. The fourth-order valence-corrected chi connectivity index (χ4v) is 2.83. The van der Waals surface area contributed by atoms with Crippen molar-refractivity contribution in [3.8, 4) is 5.75 Å². The quantitative estimate of drug-likeness (QED) is 0.278. The van der Waals surface area contributed by atoms with E-state index in [0.29, 0.717) is 25.7 Å². The Morgan fingerprint density at radius 3 is 2.88 bits per heavy atom. The van der Waals surface area contributed by atoms with Crippen LogP contribution in [0, 0.1) is 5.92 Å². The zero-order valence-electron chi connectivity index (χ0n) is 15.4. The van der Waals surface area contributed by atoms with E-state index in [4.69, 9.17) is 14.2 Å². The van der Waals surface area contributed by atoms with Crippen LogP contribution in [0.3, 0.4) is 0 Å². The fourth-order valence-electron chi connectivity index (χ4n) is 2.83. The van der Waals surface area contributed by atoms with E-state index >= 15 is 0 Å². The molecule has 1 aromatic carbocycles. The number of rotatable bonds is 8. The average Bonchev–Trinajstić information content (AvgIpc) is 3.11. The predicted octanol–water partition coefficient (Wildman–Crippen LogP) is 2.37. The Labute approximate surface area is 167 Å². The van der Waals surface area contributed by atoms with Crippen molar-refractivity contribution in [3.05, 3.63) is 29.8 Å². The van der Waals surface area contributed by atoms with Gasteiger partial charge in [-0.05, 0) is 12.5 Å². The third kappa shape index (κ3) is 7.37. The van der Waals surface area contributed by atoms with Crippen LogP contribution < -0.4 is 10.1 Å². The maximum atomic E-state index is 5.73. The Kier molecular flexibility index (Phi) is 10.8. The summed E-state index contributed by atoms with van der Waals surface area (Å²) in [7, 11) is 5.54. The summed E-state index contributed by atoms with van der Waals surface area (Å²) in [5.74, 6) is 2.35. The first-order chi connectivity index (χ1) is 11.7. The third-order valence-corrected chi connectivity index (χ3v) is 4.11. The van der Waals surface area contributed by atoms with E-state index in [1.54, 1.807) is 14.2 Å². The third-order valence-electron chi connectivity index (χ3n) is 4.11. The van der Waals surface area contributed by atoms with Gasteiger partial charge in [0.25, 0.3) is 0 Å². The SMILES string of the molecule is CN=C(NCCOCc1ccccc1OC)N(C)CC1CCOC1.I. The number of hydrogen-bond acceptors (Lipinski definition) is 4. The number of halogens is 1. The van der Waals surface area contributed by atoms with Gasteiger partial charge in [0.1, 0.15) is 5.75 Å². The van der Waals surface area contributed by atoms with Crippen LogP contribution in [-0.2, 0) is 16.1 Å². The van der Waals surface area contributed by atoms with Crippen molar-refractivity contribution < 1.29 is 14.2 Å². The van der Waals surface area contributed by atoms with E-state index in [0.717, 1.165) is 43.5 Å². The largest absolute Gasteiger partial charge is 0.496 e. The summed E-state index contributed by atoms with van der Waals surface area (Å²) < 4.78 is 16.5. The number of ether oxygens (including phenoxy) is 3. The molecular formula is C18H30IN3O3. The second-order valence-electron chi connectivity index (χ2n) is 5.95. The zero-order chi connectivity index (χ0) is 17.2. The first-order valence-corrected chi connectivity index (χ1v) is 8.43. The lowest BCUT2D eigenvalue weighted by Gasteiger charge is -2.24. The maximum absolute atomic E-state index is 5.73. The van der Waals surface area contributed by atoms with E-state index in [2.05, 4.69) is 22.3 Å². The molecule has 0 amide bonds. The van der Waals surface area contributed by atoms with E-state index in [9.17, 15) is 0 Å². The fraction of sp³-hybridized carbons (Fsp3) is 0.611. The number of para-hydroxylation sites is 1. The Bertz CT molecular complexity index is 522. The molecule has 0 aromatic heterocycles. The monoisotopic (exact) mass is 463 g/mol. The van der Waals surface area contributed by atoms with Crippen molar-refractivity contribution in [1.29, 1.82) is 0 Å². The summed E-state index contributed by atoms with van der Waals surface area (Å²) in [5, 5.41) is 3.34. The van der Waals surface area contributed by atoms with Crippen LogP contribution in [0.2, 0.25) is 0 Å². The number of benzene rings is 1. The summed E-state index contributed by atoms with van der Waals surface area (Å²) in [6, 6.07) is 7.91. The van der Waals surface area contributed by atoms with Gasteiger partial charge in [-0.3, -0.25) is 4.99 Å². The number of nitrogens with one attached hydrogen (secondary N) is 1. The van der Waals surface area contributed by atoms with Gasteiger partial charge in [-0.2, -0.15) is 0 Å². The van der Waals surface area contributed by atoms with Gasteiger partial charge < -0.3 is 24.4 Å². The molecule has 0 bridgehead atoms. The number of nitrogens with zero attached hydrogens (tertiary/aromatic N) is 2. The predicted molar refractivity (Wildman–Crippen MR) is 111 cm³/mol. The summed E-state index contributed by atoms with van der Waals surface area (Å²) in [5.41, 5.74) is 1.06. The highest BCUT2D eigenvalue weighted by molar-refractivity contribution is 14.0. The number of aliphatic imine (C=N–C) groups is 1. The highest BCUT2D eigenvalue weighted by Crippen LogP contribution is 2.17. The molecule has 1 aromatic rings. The molecule has 1 fully saturated rings. The molecule has 0 aliphatic carbocycles. The number of hydrogen-bond donors (Lipinski definition) is 1. The molecular weight excluding hydrogens is 433 g/mol. The first-order valence-electron chi connectivity index (χ1n) is 8.43. The molecule has 1 N–H and O–H groups in total. The standard InChI is InChI=1S/C18H29N3O3.HI/c1-19-18(21(2)12-15-8-10-23-13-15)20-9-11-24-14-16-6-4-5-7-17(16)22-3;/h4-7,15H,8-14H2,1-3H3,(H,19,20);1H. The van der Waals surface area contributed by atoms with E-state index in [1.807, 2.05) is 24.3 Å². The molecule has 25 heavy (non-hydrogen) atoms. The second-order valence-corrected chi connectivity index (χ2v) is 5.95. The van der Waals surface area contributed by atoms with Crippen LogP contribution in [0.4, 0.5) is 0 Å². The van der Waals surface area contributed by atoms with Crippen molar-refractivity contribution >= 4 is 29.9 Å². The van der Waals surface area contributed by atoms with Crippen molar-refractivity contribution in [3.63, 3.8) is 0 Å². The Balaban J connectivity index is 0.00000312. The lowest BCUT2D eigenvalue weighted by molar-refractivity contribution is 0.123. The van der Waals surface area contributed by atoms with Crippen molar-refractivity contribution in [2.24, 2.45) is 10.9 Å². The number of guanidine groups is 1. The molecule has 1 atom stereocenters. The van der Waals surface area contributed by atoms with Crippen molar-refractivity contribution in [2.75, 3.05) is 54.1 Å². The van der Waals surface area contributed by atoms with Gasteiger partial charge in [-0.1, -0.05) is 18.2 Å². The van der Waals surface area contributed by atoms with Crippen LogP contribution >= 0.6 is 24.0 Å². The molecule has 1 aliphatic rings. The van der Waals surface area contributed by atoms with Crippen LogP contribution in [0.15, 0.2) is 29.3 Å². The van der Waals surface area contributed by atoms with Gasteiger partial charge in [0.2, 0.25) is 0 Å². The van der Waals surface area contributed by atoms with Crippen LogP contribution in [0.25, 0.3) is 0 Å². The topological polar surface area (TPSA) is 55.3 Å². The minimum atomic E-state index is 0. The van der Waals surface area contributed by atoms with Gasteiger partial charge >= 0.3 is 0 Å². The molecule has 1 heterocycles. The lowest BCUT2D eigenvalue weighted by atomic mass is 10.1. The minimum Gasteiger partial charge on any atom is -0.496 e. The average molecular weight is 463 g/mol. The summed E-state index contributed by atoms with van der Waals surface area (Å²) in [6.45, 7) is 4.55. The molecule has 0 saturated carbocycles. The van der Waals surface area contributed by atoms with Crippen LogP contribution in [0.1, 0.15) is 12.0 Å². The summed E-state index contributed by atoms with van der Waals surface area (Å²) in [4.78, 5) is 6.48. The van der Waals surface area contributed by atoms with Gasteiger partial charge in [-0.25, -0.2) is 0 Å². The second kappa shape index (κ2) is 12.3. The maximum Gasteiger partial charge on any atom is 0.193 e. The van der Waals surface area contributed by atoms with Crippen molar-refractivity contribution in [1.82, 2.24) is 10.2 Å². The first kappa shape index (κ1) is 22.0. The molecule has 142 valence electrons. The van der Waals surface area contributed by atoms with Gasteiger partial charge in [0.15, 0.2) is 5.96 Å². The molecule has 2 rings (SSSR count). The molecule has 1 saturated heterocycles. The smallest absolute Gasteiger partial charge is 0.193 e. The molecule has 1 unspecified atom stereocenters. The summed E-state index contributed by atoms with van der Waals surface area (Å²) >= 11 is 0. The normalized spacial score (nSPS) is 17.1. The van der Waals surface area contributed by atoms with E-state index < -0.39 is 0 Å².